The fraction of sp³-hybridized carbons (Fsp3) is 0.538. The highest BCUT2D eigenvalue weighted by Gasteiger charge is 2.45. The van der Waals surface area contributed by atoms with E-state index in [-0.39, 0.29) is 16.9 Å². The van der Waals surface area contributed by atoms with Crippen LogP contribution in [0.15, 0.2) is 18.2 Å². The van der Waals surface area contributed by atoms with Crippen LogP contribution >= 0.6 is 0 Å². The molecule has 1 fully saturated rings. The molecule has 2 aliphatic heterocycles. The van der Waals surface area contributed by atoms with Gasteiger partial charge in [0.2, 0.25) is 0 Å². The highest BCUT2D eigenvalue weighted by atomic mass is 32.2. The summed E-state index contributed by atoms with van der Waals surface area (Å²) in [5.41, 5.74) is 2.13. The third-order valence-corrected chi connectivity index (χ3v) is 5.81. The van der Waals surface area contributed by atoms with Gasteiger partial charge in [-0.2, -0.15) is 0 Å². The van der Waals surface area contributed by atoms with Crippen molar-refractivity contribution in [3.8, 4) is 5.75 Å². The van der Waals surface area contributed by atoms with Crippen LogP contribution in [0.4, 0.5) is 5.69 Å². The van der Waals surface area contributed by atoms with E-state index in [0.717, 1.165) is 24.4 Å². The standard InChI is InChI=1S/C13H17NO3S/c1-13(8-18(15,16)9-13)7-17-12-4-2-3-11-10(12)5-6-14-11/h2-4,14H,5-9H2,1H3. The molecular weight excluding hydrogens is 250 g/mol. The second-order valence-corrected chi connectivity index (χ2v) is 7.66. The first-order valence-corrected chi connectivity index (χ1v) is 7.99. The summed E-state index contributed by atoms with van der Waals surface area (Å²) in [4.78, 5) is 0. The maximum atomic E-state index is 11.2. The van der Waals surface area contributed by atoms with E-state index < -0.39 is 9.84 Å². The minimum atomic E-state index is -2.80. The fourth-order valence-electron chi connectivity index (χ4n) is 2.80. The lowest BCUT2D eigenvalue weighted by Crippen LogP contribution is -2.50. The molecule has 0 aliphatic carbocycles. The Hall–Kier alpha value is -1.23. The lowest BCUT2D eigenvalue weighted by Gasteiger charge is -2.37. The summed E-state index contributed by atoms with van der Waals surface area (Å²) in [6.07, 6.45) is 0.973. The van der Waals surface area contributed by atoms with Gasteiger partial charge in [-0.05, 0) is 18.6 Å². The third-order valence-electron chi connectivity index (χ3n) is 3.54. The van der Waals surface area contributed by atoms with Crippen molar-refractivity contribution in [2.24, 2.45) is 5.41 Å². The van der Waals surface area contributed by atoms with E-state index in [1.807, 2.05) is 25.1 Å². The number of hydrogen-bond donors (Lipinski definition) is 1. The Balaban J connectivity index is 1.70. The summed E-state index contributed by atoms with van der Waals surface area (Å²) in [7, 11) is -2.80. The molecule has 3 rings (SSSR count). The average molecular weight is 267 g/mol. The number of ether oxygens (including phenoxy) is 1. The fourth-order valence-corrected chi connectivity index (χ4v) is 5.01. The molecule has 1 saturated heterocycles. The van der Waals surface area contributed by atoms with Gasteiger partial charge in [0, 0.05) is 23.2 Å². The van der Waals surface area contributed by atoms with E-state index in [1.54, 1.807) is 0 Å². The Morgan fingerprint density at radius 3 is 2.89 bits per heavy atom. The van der Waals surface area contributed by atoms with E-state index in [1.165, 1.54) is 5.56 Å². The lowest BCUT2D eigenvalue weighted by molar-refractivity contribution is 0.187. The van der Waals surface area contributed by atoms with Crippen molar-refractivity contribution in [3.63, 3.8) is 0 Å². The minimum absolute atomic E-state index is 0.215. The lowest BCUT2D eigenvalue weighted by atomic mass is 9.96. The van der Waals surface area contributed by atoms with Crippen molar-refractivity contribution in [2.45, 2.75) is 13.3 Å². The van der Waals surface area contributed by atoms with Crippen molar-refractivity contribution >= 4 is 15.5 Å². The molecule has 0 atom stereocenters. The normalized spacial score (nSPS) is 22.7. The number of nitrogens with one attached hydrogen (secondary N) is 1. The molecule has 18 heavy (non-hydrogen) atoms. The molecular formula is C13H17NO3S. The maximum Gasteiger partial charge on any atom is 0.151 e. The van der Waals surface area contributed by atoms with Crippen LogP contribution in [0.5, 0.6) is 5.75 Å². The summed E-state index contributed by atoms with van der Waals surface area (Å²) in [6, 6.07) is 5.97. The largest absolute Gasteiger partial charge is 0.493 e. The predicted octanol–water partition coefficient (Wildman–Crippen LogP) is 1.47. The summed E-state index contributed by atoms with van der Waals surface area (Å²) < 4.78 is 28.3. The zero-order chi connectivity index (χ0) is 12.8. The summed E-state index contributed by atoms with van der Waals surface area (Å²) in [5, 5.41) is 3.30. The molecule has 1 aromatic rings. The number of hydrogen-bond acceptors (Lipinski definition) is 4. The Kier molecular flexibility index (Phi) is 2.55. The van der Waals surface area contributed by atoms with Crippen molar-refractivity contribution < 1.29 is 13.2 Å². The van der Waals surface area contributed by atoms with E-state index in [4.69, 9.17) is 4.74 Å². The molecule has 98 valence electrons. The van der Waals surface area contributed by atoms with Crippen LogP contribution in [0.25, 0.3) is 0 Å². The van der Waals surface area contributed by atoms with Crippen LogP contribution in [0, 0.1) is 5.41 Å². The SMILES string of the molecule is CC1(COc2cccc3c2CCN3)CS(=O)(=O)C1. The number of anilines is 1. The molecule has 0 bridgehead atoms. The van der Waals surface area contributed by atoms with E-state index in [0.29, 0.717) is 6.61 Å². The zero-order valence-corrected chi connectivity index (χ0v) is 11.2. The third kappa shape index (κ3) is 2.07. The molecule has 0 unspecified atom stereocenters. The van der Waals surface area contributed by atoms with Gasteiger partial charge in [0.25, 0.3) is 0 Å². The van der Waals surface area contributed by atoms with E-state index in [2.05, 4.69) is 5.32 Å². The number of fused-ring (bicyclic) bond motifs is 1. The predicted molar refractivity (Wildman–Crippen MR) is 70.9 cm³/mol. The highest BCUT2D eigenvalue weighted by Crippen LogP contribution is 2.35. The summed E-state index contributed by atoms with van der Waals surface area (Å²) >= 11 is 0. The van der Waals surface area contributed by atoms with Gasteiger partial charge in [0.15, 0.2) is 9.84 Å². The van der Waals surface area contributed by atoms with Crippen molar-refractivity contribution in [1.29, 1.82) is 0 Å². The van der Waals surface area contributed by atoms with Gasteiger partial charge in [0.1, 0.15) is 5.75 Å². The Morgan fingerprint density at radius 1 is 1.39 bits per heavy atom. The molecule has 0 spiro atoms. The second-order valence-electron chi connectivity index (χ2n) is 5.59. The van der Waals surface area contributed by atoms with Gasteiger partial charge in [-0.15, -0.1) is 0 Å². The molecule has 4 nitrogen and oxygen atoms in total. The zero-order valence-electron chi connectivity index (χ0n) is 10.4. The Morgan fingerprint density at radius 2 is 2.17 bits per heavy atom. The van der Waals surface area contributed by atoms with Gasteiger partial charge in [-0.1, -0.05) is 13.0 Å². The van der Waals surface area contributed by atoms with Crippen LogP contribution in [0.1, 0.15) is 12.5 Å². The molecule has 0 aromatic heterocycles. The monoisotopic (exact) mass is 267 g/mol. The summed E-state index contributed by atoms with van der Waals surface area (Å²) in [6.45, 7) is 3.39. The molecule has 0 saturated carbocycles. The van der Waals surface area contributed by atoms with Crippen molar-refractivity contribution in [2.75, 3.05) is 30.0 Å². The van der Waals surface area contributed by atoms with Crippen LogP contribution in [-0.4, -0.2) is 33.1 Å². The van der Waals surface area contributed by atoms with Crippen LogP contribution in [0.2, 0.25) is 0 Å². The second kappa shape index (κ2) is 3.88. The molecule has 2 aliphatic rings. The highest BCUT2D eigenvalue weighted by molar-refractivity contribution is 7.92. The average Bonchev–Trinajstić information content (AvgIpc) is 2.71. The first-order valence-electron chi connectivity index (χ1n) is 6.17. The van der Waals surface area contributed by atoms with Crippen LogP contribution in [0.3, 0.4) is 0 Å². The molecule has 5 heteroatoms. The Bertz CT molecular complexity index is 568. The van der Waals surface area contributed by atoms with Crippen LogP contribution < -0.4 is 10.1 Å². The van der Waals surface area contributed by atoms with Gasteiger partial charge >= 0.3 is 0 Å². The summed E-state index contributed by atoms with van der Waals surface area (Å²) in [5.74, 6) is 1.38. The molecule has 1 aromatic carbocycles. The smallest absolute Gasteiger partial charge is 0.151 e. The first kappa shape index (κ1) is 11.8. The number of benzene rings is 1. The van der Waals surface area contributed by atoms with Gasteiger partial charge in [0.05, 0.1) is 18.1 Å². The van der Waals surface area contributed by atoms with Gasteiger partial charge in [-0.25, -0.2) is 8.42 Å². The molecule has 1 N–H and O–H groups in total. The van der Waals surface area contributed by atoms with Gasteiger partial charge in [-0.3, -0.25) is 0 Å². The first-order chi connectivity index (χ1) is 8.48. The quantitative estimate of drug-likeness (QED) is 0.901. The van der Waals surface area contributed by atoms with Crippen molar-refractivity contribution in [3.05, 3.63) is 23.8 Å². The van der Waals surface area contributed by atoms with Gasteiger partial charge < -0.3 is 10.1 Å². The van der Waals surface area contributed by atoms with Crippen LogP contribution in [-0.2, 0) is 16.3 Å². The molecule has 0 radical (unpaired) electrons. The topological polar surface area (TPSA) is 55.4 Å². The number of sulfone groups is 1. The maximum absolute atomic E-state index is 11.2. The Labute approximate surface area is 107 Å². The van der Waals surface area contributed by atoms with Crippen molar-refractivity contribution in [1.82, 2.24) is 0 Å². The van der Waals surface area contributed by atoms with E-state index in [9.17, 15) is 8.42 Å². The van der Waals surface area contributed by atoms with E-state index >= 15 is 0 Å². The minimum Gasteiger partial charge on any atom is -0.493 e. The molecule has 0 amide bonds. The number of rotatable bonds is 3. The molecule has 2 heterocycles.